The van der Waals surface area contributed by atoms with Gasteiger partial charge in [0.2, 0.25) is 5.91 Å². The smallest absolute Gasteiger partial charge is 0.219 e. The molecule has 0 spiro atoms. The number of carbonyl (C=O) groups excluding carboxylic acids is 1. The summed E-state index contributed by atoms with van der Waals surface area (Å²) in [6, 6.07) is 0. The SMILES string of the molecule is CC.CC.COCCN(C)C(C)=O. The lowest BCUT2D eigenvalue weighted by Gasteiger charge is -2.12. The van der Waals surface area contributed by atoms with Gasteiger partial charge in [0.1, 0.15) is 0 Å². The van der Waals surface area contributed by atoms with E-state index in [1.165, 1.54) is 6.92 Å². The minimum absolute atomic E-state index is 0.0760. The van der Waals surface area contributed by atoms with Crippen LogP contribution in [0.4, 0.5) is 0 Å². The average molecular weight is 191 g/mol. The highest BCUT2D eigenvalue weighted by molar-refractivity contribution is 5.72. The number of carbonyl (C=O) groups is 1. The molecule has 3 nitrogen and oxygen atoms in total. The van der Waals surface area contributed by atoms with Gasteiger partial charge in [-0.1, -0.05) is 27.7 Å². The van der Waals surface area contributed by atoms with Crippen molar-refractivity contribution in [1.82, 2.24) is 4.90 Å². The second-order valence-corrected chi connectivity index (χ2v) is 1.93. The predicted octanol–water partition coefficient (Wildman–Crippen LogP) is 2.16. The summed E-state index contributed by atoms with van der Waals surface area (Å²) >= 11 is 0. The van der Waals surface area contributed by atoms with Crippen molar-refractivity contribution in [3.8, 4) is 0 Å². The van der Waals surface area contributed by atoms with Crippen LogP contribution in [0.5, 0.6) is 0 Å². The molecule has 1 amide bonds. The first kappa shape index (κ1) is 18.3. The summed E-state index contributed by atoms with van der Waals surface area (Å²) in [6.45, 7) is 10.8. The summed E-state index contributed by atoms with van der Waals surface area (Å²) in [7, 11) is 3.37. The van der Waals surface area contributed by atoms with Crippen molar-refractivity contribution in [2.75, 3.05) is 27.3 Å². The number of rotatable bonds is 3. The molecular formula is C10H25NO2. The number of nitrogens with zero attached hydrogens (tertiary/aromatic N) is 1. The topological polar surface area (TPSA) is 29.5 Å². The second kappa shape index (κ2) is 17.5. The monoisotopic (exact) mass is 191 g/mol. The lowest BCUT2D eigenvalue weighted by Crippen LogP contribution is -2.27. The van der Waals surface area contributed by atoms with E-state index in [0.717, 1.165) is 0 Å². The summed E-state index contributed by atoms with van der Waals surface area (Å²) in [5, 5.41) is 0. The molecule has 0 N–H and O–H groups in total. The van der Waals surface area contributed by atoms with E-state index in [9.17, 15) is 4.79 Å². The zero-order chi connectivity index (χ0) is 11.3. The maximum absolute atomic E-state index is 10.5. The highest BCUT2D eigenvalue weighted by atomic mass is 16.5. The van der Waals surface area contributed by atoms with Gasteiger partial charge in [-0.3, -0.25) is 4.79 Å². The molecule has 0 atom stereocenters. The van der Waals surface area contributed by atoms with Crippen LogP contribution < -0.4 is 0 Å². The molecule has 0 aliphatic rings. The highest BCUT2D eigenvalue weighted by Gasteiger charge is 1.98. The van der Waals surface area contributed by atoms with E-state index < -0.39 is 0 Å². The number of hydrogen-bond donors (Lipinski definition) is 0. The Morgan fingerprint density at radius 2 is 1.62 bits per heavy atom. The maximum atomic E-state index is 10.5. The zero-order valence-corrected chi connectivity index (χ0v) is 10.2. The molecule has 0 radical (unpaired) electrons. The third-order valence-electron chi connectivity index (χ3n) is 1.17. The summed E-state index contributed by atoms with van der Waals surface area (Å²) < 4.78 is 4.77. The van der Waals surface area contributed by atoms with Gasteiger partial charge in [-0.15, -0.1) is 0 Å². The normalized spacial score (nSPS) is 7.31. The van der Waals surface area contributed by atoms with Crippen LogP contribution in [-0.4, -0.2) is 38.1 Å². The minimum atomic E-state index is 0.0760. The van der Waals surface area contributed by atoms with Crippen LogP contribution in [-0.2, 0) is 9.53 Å². The van der Waals surface area contributed by atoms with E-state index in [2.05, 4.69) is 0 Å². The predicted molar refractivity (Wildman–Crippen MR) is 57.9 cm³/mol. The number of likely N-dealkylation sites (N-methyl/N-ethyl adjacent to an activating group) is 1. The van der Waals surface area contributed by atoms with E-state index in [1.54, 1.807) is 19.1 Å². The molecule has 0 saturated heterocycles. The van der Waals surface area contributed by atoms with Crippen molar-refractivity contribution in [3.05, 3.63) is 0 Å². The van der Waals surface area contributed by atoms with Gasteiger partial charge in [-0.05, 0) is 0 Å². The number of amides is 1. The Kier molecular flexibility index (Phi) is 24.6. The molecule has 0 rings (SSSR count). The Morgan fingerprint density at radius 1 is 1.23 bits per heavy atom. The van der Waals surface area contributed by atoms with E-state index in [1.807, 2.05) is 27.7 Å². The maximum Gasteiger partial charge on any atom is 0.219 e. The quantitative estimate of drug-likeness (QED) is 0.684. The van der Waals surface area contributed by atoms with E-state index in [0.29, 0.717) is 13.2 Å². The van der Waals surface area contributed by atoms with E-state index in [4.69, 9.17) is 4.74 Å². The van der Waals surface area contributed by atoms with Crippen molar-refractivity contribution in [2.24, 2.45) is 0 Å². The van der Waals surface area contributed by atoms with Crippen LogP contribution in [0.15, 0.2) is 0 Å². The van der Waals surface area contributed by atoms with Gasteiger partial charge in [0.25, 0.3) is 0 Å². The third kappa shape index (κ3) is 18.4. The van der Waals surface area contributed by atoms with Crippen LogP contribution in [0.25, 0.3) is 0 Å². The summed E-state index contributed by atoms with van der Waals surface area (Å²) in [4.78, 5) is 12.1. The average Bonchev–Trinajstić information content (AvgIpc) is 2.20. The fraction of sp³-hybridized carbons (Fsp3) is 0.900. The number of hydrogen-bond acceptors (Lipinski definition) is 2. The molecule has 0 saturated carbocycles. The molecule has 13 heavy (non-hydrogen) atoms. The fourth-order valence-electron chi connectivity index (χ4n) is 0.386. The van der Waals surface area contributed by atoms with Gasteiger partial charge in [0, 0.05) is 27.6 Å². The van der Waals surface area contributed by atoms with Crippen LogP contribution in [0.1, 0.15) is 34.6 Å². The molecule has 0 fully saturated rings. The van der Waals surface area contributed by atoms with E-state index >= 15 is 0 Å². The summed E-state index contributed by atoms with van der Waals surface area (Å²) in [6.07, 6.45) is 0. The van der Waals surface area contributed by atoms with Gasteiger partial charge in [0.15, 0.2) is 0 Å². The fourth-order valence-corrected chi connectivity index (χ4v) is 0.386. The van der Waals surface area contributed by atoms with Gasteiger partial charge < -0.3 is 9.64 Å². The van der Waals surface area contributed by atoms with Gasteiger partial charge in [0.05, 0.1) is 6.61 Å². The molecule has 0 aliphatic carbocycles. The van der Waals surface area contributed by atoms with Crippen molar-refractivity contribution in [1.29, 1.82) is 0 Å². The van der Waals surface area contributed by atoms with Crippen molar-refractivity contribution in [2.45, 2.75) is 34.6 Å². The first-order chi connectivity index (χ1) is 6.18. The van der Waals surface area contributed by atoms with Crippen LogP contribution in [0.3, 0.4) is 0 Å². The van der Waals surface area contributed by atoms with Crippen molar-refractivity contribution >= 4 is 5.91 Å². The largest absolute Gasteiger partial charge is 0.383 e. The lowest BCUT2D eigenvalue weighted by atomic mass is 10.5. The minimum Gasteiger partial charge on any atom is -0.383 e. The highest BCUT2D eigenvalue weighted by Crippen LogP contribution is 1.81. The third-order valence-corrected chi connectivity index (χ3v) is 1.17. The second-order valence-electron chi connectivity index (χ2n) is 1.93. The van der Waals surface area contributed by atoms with E-state index in [-0.39, 0.29) is 5.91 Å². The Hall–Kier alpha value is -0.570. The number of methoxy groups -OCH3 is 1. The summed E-state index contributed by atoms with van der Waals surface area (Å²) in [5.41, 5.74) is 0. The van der Waals surface area contributed by atoms with Gasteiger partial charge in [-0.2, -0.15) is 0 Å². The Balaban J connectivity index is -0.000000218. The Morgan fingerprint density at radius 3 is 1.85 bits per heavy atom. The first-order valence-corrected chi connectivity index (χ1v) is 4.89. The number of ether oxygens (including phenoxy) is 1. The molecule has 0 aromatic heterocycles. The molecule has 0 aromatic rings. The first-order valence-electron chi connectivity index (χ1n) is 4.89. The lowest BCUT2D eigenvalue weighted by molar-refractivity contribution is -0.128. The Labute approximate surface area is 83.1 Å². The van der Waals surface area contributed by atoms with Gasteiger partial charge in [-0.25, -0.2) is 0 Å². The molecule has 0 unspecified atom stereocenters. The molecule has 0 heterocycles. The summed E-state index contributed by atoms with van der Waals surface area (Å²) in [5.74, 6) is 0.0760. The standard InChI is InChI=1S/C6H13NO2.2C2H6/c1-6(8)7(2)4-5-9-3;2*1-2/h4-5H2,1-3H3;2*1-2H3. The molecular weight excluding hydrogens is 166 g/mol. The van der Waals surface area contributed by atoms with Crippen molar-refractivity contribution < 1.29 is 9.53 Å². The zero-order valence-electron chi connectivity index (χ0n) is 10.2. The van der Waals surface area contributed by atoms with Crippen LogP contribution in [0, 0.1) is 0 Å². The molecule has 0 aliphatic heterocycles. The van der Waals surface area contributed by atoms with Crippen LogP contribution >= 0.6 is 0 Å². The van der Waals surface area contributed by atoms with Crippen LogP contribution in [0.2, 0.25) is 0 Å². The molecule has 0 bridgehead atoms. The molecule has 3 heteroatoms. The Bertz CT molecular complexity index is 94.9. The molecule has 82 valence electrons. The van der Waals surface area contributed by atoms with Crippen molar-refractivity contribution in [3.63, 3.8) is 0 Å². The van der Waals surface area contributed by atoms with Gasteiger partial charge >= 0.3 is 0 Å². The molecule has 0 aromatic carbocycles.